The van der Waals surface area contributed by atoms with Crippen LogP contribution in [0.2, 0.25) is 5.02 Å². The van der Waals surface area contributed by atoms with E-state index in [0.717, 1.165) is 23.4 Å². The van der Waals surface area contributed by atoms with Gasteiger partial charge < -0.3 is 5.32 Å². The topological polar surface area (TPSA) is 64.0 Å². The van der Waals surface area contributed by atoms with Crippen LogP contribution in [-0.2, 0) is 11.2 Å². The molecule has 1 aromatic heterocycles. The number of nitrogens with one attached hydrogen (secondary N) is 1. The van der Waals surface area contributed by atoms with Crippen LogP contribution in [0.25, 0.3) is 5.69 Å². The zero-order valence-electron chi connectivity index (χ0n) is 15.7. The van der Waals surface area contributed by atoms with Crippen LogP contribution >= 0.6 is 11.6 Å². The predicted octanol–water partition coefficient (Wildman–Crippen LogP) is 4.71. The molecule has 1 aliphatic rings. The summed E-state index contributed by atoms with van der Waals surface area (Å²) in [4.78, 5) is 25.6. The zero-order valence-corrected chi connectivity index (χ0v) is 16.5. The molecule has 0 bridgehead atoms. The lowest BCUT2D eigenvalue weighted by molar-refractivity contribution is -0.116. The molecule has 1 aliphatic heterocycles. The fraction of sp³-hybridized carbons (Fsp3) is 0.227. The van der Waals surface area contributed by atoms with Crippen molar-refractivity contribution in [1.82, 2.24) is 9.78 Å². The van der Waals surface area contributed by atoms with Crippen molar-refractivity contribution in [2.24, 2.45) is 0 Å². The minimum atomic E-state index is -0.562. The van der Waals surface area contributed by atoms with Gasteiger partial charge in [-0.2, -0.15) is 5.10 Å². The number of ketones is 1. The summed E-state index contributed by atoms with van der Waals surface area (Å²) in [6.07, 6.45) is 1.01. The molecule has 6 heteroatoms. The molecule has 1 amide bonds. The molecular formula is C22H20ClN3O2. The Labute approximate surface area is 168 Å². The van der Waals surface area contributed by atoms with Crippen LogP contribution in [-0.4, -0.2) is 21.5 Å². The summed E-state index contributed by atoms with van der Waals surface area (Å²) in [5.41, 5.74) is 4.10. The molecule has 0 saturated carbocycles. The molecule has 1 atom stereocenters. The number of fused-ring (bicyclic) bond motifs is 1. The molecule has 3 aromatic rings. The van der Waals surface area contributed by atoms with Gasteiger partial charge in [0.2, 0.25) is 5.91 Å². The first kappa shape index (κ1) is 18.4. The number of carbonyl (C=O) groups is 2. The molecule has 0 radical (unpaired) electrons. The molecule has 1 N–H and O–H groups in total. The lowest BCUT2D eigenvalue weighted by Gasteiger charge is -2.23. The Balaban J connectivity index is 1.81. The number of hydrogen-bond acceptors (Lipinski definition) is 3. The van der Waals surface area contributed by atoms with Crippen molar-refractivity contribution < 1.29 is 9.59 Å². The van der Waals surface area contributed by atoms with Crippen molar-refractivity contribution in [3.05, 3.63) is 75.9 Å². The first-order chi connectivity index (χ1) is 13.5. The standard InChI is InChI=1S/C22H20ClN3O2/c1-3-14-5-4-6-17(11-14)26-22-20(13(2)25-26)18(12-19(27)24-22)21(28)15-7-9-16(23)10-8-15/h4-11,18H,3,12H2,1-2H3,(H,24,27). The van der Waals surface area contributed by atoms with Crippen molar-refractivity contribution >= 4 is 29.1 Å². The number of carbonyl (C=O) groups excluding carboxylic acids is 2. The summed E-state index contributed by atoms with van der Waals surface area (Å²) < 4.78 is 1.73. The summed E-state index contributed by atoms with van der Waals surface area (Å²) in [5.74, 6) is -0.271. The van der Waals surface area contributed by atoms with Gasteiger partial charge in [-0.1, -0.05) is 30.7 Å². The second kappa shape index (κ2) is 7.24. The van der Waals surface area contributed by atoms with Crippen LogP contribution in [0.15, 0.2) is 48.5 Å². The molecule has 142 valence electrons. The van der Waals surface area contributed by atoms with E-state index in [1.54, 1.807) is 28.9 Å². The maximum atomic E-state index is 13.2. The second-order valence-corrected chi connectivity index (χ2v) is 7.40. The average molecular weight is 394 g/mol. The Morgan fingerprint density at radius 1 is 1.25 bits per heavy atom. The Bertz CT molecular complexity index is 1070. The summed E-state index contributed by atoms with van der Waals surface area (Å²) in [5, 5.41) is 8.13. The SMILES string of the molecule is CCc1cccc(-n2nc(C)c3c2NC(=O)CC3C(=O)c2ccc(Cl)cc2)c1. The van der Waals surface area contributed by atoms with Gasteiger partial charge in [-0.05, 0) is 55.3 Å². The largest absolute Gasteiger partial charge is 0.310 e. The van der Waals surface area contributed by atoms with E-state index in [2.05, 4.69) is 23.4 Å². The number of aromatic nitrogens is 2. The Morgan fingerprint density at radius 2 is 2.00 bits per heavy atom. The quantitative estimate of drug-likeness (QED) is 0.653. The van der Waals surface area contributed by atoms with Gasteiger partial charge in [-0.25, -0.2) is 4.68 Å². The minimum Gasteiger partial charge on any atom is -0.310 e. The number of nitrogens with zero attached hydrogens (tertiary/aromatic N) is 2. The first-order valence-electron chi connectivity index (χ1n) is 9.26. The molecule has 28 heavy (non-hydrogen) atoms. The van der Waals surface area contributed by atoms with Gasteiger partial charge in [-0.3, -0.25) is 9.59 Å². The fourth-order valence-electron chi connectivity index (χ4n) is 3.68. The number of hydrogen-bond donors (Lipinski definition) is 1. The summed E-state index contributed by atoms with van der Waals surface area (Å²) in [6, 6.07) is 14.8. The van der Waals surface area contributed by atoms with Crippen molar-refractivity contribution in [2.75, 3.05) is 5.32 Å². The van der Waals surface area contributed by atoms with Gasteiger partial charge in [0.15, 0.2) is 5.78 Å². The van der Waals surface area contributed by atoms with Gasteiger partial charge in [-0.15, -0.1) is 0 Å². The van der Waals surface area contributed by atoms with Crippen molar-refractivity contribution in [2.45, 2.75) is 32.6 Å². The third-order valence-electron chi connectivity index (χ3n) is 5.11. The number of benzene rings is 2. The highest BCUT2D eigenvalue weighted by molar-refractivity contribution is 6.30. The summed E-state index contributed by atoms with van der Waals surface area (Å²) >= 11 is 5.94. The number of Topliss-reactive ketones (excluding diaryl/α,β-unsaturated/α-hetero) is 1. The normalized spacial score (nSPS) is 15.8. The molecule has 0 saturated heterocycles. The molecule has 1 unspecified atom stereocenters. The van der Waals surface area contributed by atoms with E-state index in [1.807, 2.05) is 25.1 Å². The third kappa shape index (κ3) is 3.22. The molecule has 0 spiro atoms. The van der Waals surface area contributed by atoms with E-state index < -0.39 is 5.92 Å². The van der Waals surface area contributed by atoms with E-state index in [-0.39, 0.29) is 18.1 Å². The third-order valence-corrected chi connectivity index (χ3v) is 5.36. The smallest absolute Gasteiger partial charge is 0.226 e. The molecule has 2 heterocycles. The summed E-state index contributed by atoms with van der Waals surface area (Å²) in [6.45, 7) is 3.96. The van der Waals surface area contributed by atoms with Crippen LogP contribution in [0.3, 0.4) is 0 Å². The number of aryl methyl sites for hydroxylation is 2. The minimum absolute atomic E-state index is 0.0993. The lowest BCUT2D eigenvalue weighted by Crippen LogP contribution is -2.28. The molecule has 5 nitrogen and oxygen atoms in total. The lowest BCUT2D eigenvalue weighted by atomic mass is 9.85. The van der Waals surface area contributed by atoms with Crippen LogP contribution in [0.5, 0.6) is 0 Å². The van der Waals surface area contributed by atoms with Crippen molar-refractivity contribution in [1.29, 1.82) is 0 Å². The zero-order chi connectivity index (χ0) is 19.8. The average Bonchev–Trinajstić information content (AvgIpc) is 3.04. The molecular weight excluding hydrogens is 374 g/mol. The highest BCUT2D eigenvalue weighted by Gasteiger charge is 2.36. The van der Waals surface area contributed by atoms with E-state index in [0.29, 0.717) is 16.4 Å². The number of halogens is 1. The van der Waals surface area contributed by atoms with E-state index in [1.165, 1.54) is 5.56 Å². The van der Waals surface area contributed by atoms with E-state index in [4.69, 9.17) is 11.6 Å². The monoisotopic (exact) mass is 393 g/mol. The maximum Gasteiger partial charge on any atom is 0.226 e. The van der Waals surface area contributed by atoms with Gasteiger partial charge in [0.05, 0.1) is 17.3 Å². The predicted molar refractivity (Wildman–Crippen MR) is 109 cm³/mol. The maximum absolute atomic E-state index is 13.2. The molecule has 2 aromatic carbocycles. The van der Waals surface area contributed by atoms with Crippen LogP contribution in [0.4, 0.5) is 5.82 Å². The molecule has 0 fully saturated rings. The Hall–Kier alpha value is -2.92. The van der Waals surface area contributed by atoms with Gasteiger partial charge in [0.1, 0.15) is 5.82 Å². The van der Waals surface area contributed by atoms with E-state index in [9.17, 15) is 9.59 Å². The van der Waals surface area contributed by atoms with Gasteiger partial charge in [0.25, 0.3) is 0 Å². The Kier molecular flexibility index (Phi) is 4.77. The second-order valence-electron chi connectivity index (χ2n) is 6.96. The van der Waals surface area contributed by atoms with Crippen LogP contribution in [0, 0.1) is 6.92 Å². The highest BCUT2D eigenvalue weighted by atomic mass is 35.5. The number of anilines is 1. The van der Waals surface area contributed by atoms with Crippen LogP contribution in [0.1, 0.15) is 46.4 Å². The number of amides is 1. The number of rotatable bonds is 4. The van der Waals surface area contributed by atoms with Crippen molar-refractivity contribution in [3.63, 3.8) is 0 Å². The molecule has 0 aliphatic carbocycles. The van der Waals surface area contributed by atoms with Crippen LogP contribution < -0.4 is 5.32 Å². The van der Waals surface area contributed by atoms with Crippen molar-refractivity contribution in [3.8, 4) is 5.69 Å². The van der Waals surface area contributed by atoms with E-state index >= 15 is 0 Å². The van der Waals surface area contributed by atoms with Gasteiger partial charge in [0, 0.05) is 22.6 Å². The molecule has 4 rings (SSSR count). The first-order valence-corrected chi connectivity index (χ1v) is 9.64. The Morgan fingerprint density at radius 3 is 2.71 bits per heavy atom. The van der Waals surface area contributed by atoms with Gasteiger partial charge >= 0.3 is 0 Å². The summed E-state index contributed by atoms with van der Waals surface area (Å²) in [7, 11) is 0. The highest BCUT2D eigenvalue weighted by Crippen LogP contribution is 2.38. The fourth-order valence-corrected chi connectivity index (χ4v) is 3.81.